The molecular weight excluding hydrogens is 224 g/mol. The Hall–Kier alpha value is -0.900. The number of nitrogens with one attached hydrogen (secondary N) is 1. The largest absolute Gasteiger partial charge is 0.394 e. The van der Waals surface area contributed by atoms with E-state index in [4.69, 9.17) is 0 Å². The lowest BCUT2D eigenvalue weighted by atomic mass is 9.96. The molecule has 1 unspecified atom stereocenters. The Labute approximate surface area is 109 Å². The van der Waals surface area contributed by atoms with Gasteiger partial charge in [0.05, 0.1) is 12.6 Å². The van der Waals surface area contributed by atoms with Gasteiger partial charge in [0.15, 0.2) is 0 Å². The average molecular weight is 246 g/mol. The molecule has 1 aromatic carbocycles. The summed E-state index contributed by atoms with van der Waals surface area (Å²) in [5, 5.41) is 13.2. The quantitative estimate of drug-likeness (QED) is 0.845. The van der Waals surface area contributed by atoms with Gasteiger partial charge in [-0.1, -0.05) is 24.3 Å². The fourth-order valence-electron chi connectivity index (χ4n) is 2.98. The van der Waals surface area contributed by atoms with E-state index in [1.807, 2.05) is 0 Å². The van der Waals surface area contributed by atoms with Gasteiger partial charge >= 0.3 is 0 Å². The lowest BCUT2D eigenvalue weighted by Gasteiger charge is -2.35. The minimum atomic E-state index is 0.184. The van der Waals surface area contributed by atoms with Gasteiger partial charge in [-0.25, -0.2) is 0 Å². The first-order valence-electron chi connectivity index (χ1n) is 7.04. The van der Waals surface area contributed by atoms with Gasteiger partial charge in [0, 0.05) is 26.2 Å². The summed E-state index contributed by atoms with van der Waals surface area (Å²) >= 11 is 0. The predicted octanol–water partition coefficient (Wildman–Crippen LogP) is 1.50. The van der Waals surface area contributed by atoms with E-state index in [2.05, 4.69) is 34.5 Å². The number of aliphatic hydroxyl groups excluding tert-OH is 1. The van der Waals surface area contributed by atoms with Crippen molar-refractivity contribution in [2.75, 3.05) is 32.8 Å². The maximum Gasteiger partial charge on any atom is 0.0628 e. The standard InChI is InChI=1S/C15H22N2O/c18-11-15(17-9-7-16-8-10-17)14-4-2-1-3-13(14)12-5-6-12/h1-4,12,15-16,18H,5-11H2. The van der Waals surface area contributed by atoms with E-state index in [0.717, 1.165) is 32.1 Å². The highest BCUT2D eigenvalue weighted by Crippen LogP contribution is 2.43. The molecule has 1 aliphatic carbocycles. The van der Waals surface area contributed by atoms with Crippen LogP contribution < -0.4 is 5.32 Å². The van der Waals surface area contributed by atoms with E-state index < -0.39 is 0 Å². The molecule has 18 heavy (non-hydrogen) atoms. The predicted molar refractivity (Wildman–Crippen MR) is 72.7 cm³/mol. The molecule has 2 N–H and O–H groups in total. The number of benzene rings is 1. The molecule has 1 aromatic rings. The van der Waals surface area contributed by atoms with Crippen LogP contribution in [0.5, 0.6) is 0 Å². The van der Waals surface area contributed by atoms with Gasteiger partial charge in [0.1, 0.15) is 0 Å². The van der Waals surface area contributed by atoms with Crippen molar-refractivity contribution in [1.29, 1.82) is 0 Å². The summed E-state index contributed by atoms with van der Waals surface area (Å²) in [7, 11) is 0. The van der Waals surface area contributed by atoms with Gasteiger partial charge in [0.25, 0.3) is 0 Å². The van der Waals surface area contributed by atoms with Gasteiger partial charge in [-0.05, 0) is 29.9 Å². The van der Waals surface area contributed by atoms with Crippen molar-refractivity contribution in [2.24, 2.45) is 0 Å². The molecule has 98 valence electrons. The highest BCUT2D eigenvalue weighted by Gasteiger charge is 2.30. The summed E-state index contributed by atoms with van der Waals surface area (Å²) in [5.41, 5.74) is 2.82. The molecule has 0 bridgehead atoms. The minimum absolute atomic E-state index is 0.184. The number of hydrogen-bond acceptors (Lipinski definition) is 3. The minimum Gasteiger partial charge on any atom is -0.394 e. The fraction of sp³-hybridized carbons (Fsp3) is 0.600. The van der Waals surface area contributed by atoms with Crippen LogP contribution in [0.15, 0.2) is 24.3 Å². The Bertz CT molecular complexity index is 397. The first-order chi connectivity index (χ1) is 8.90. The van der Waals surface area contributed by atoms with E-state index in [-0.39, 0.29) is 12.6 Å². The second-order valence-corrected chi connectivity index (χ2v) is 5.39. The highest BCUT2D eigenvalue weighted by molar-refractivity contribution is 5.35. The molecule has 3 rings (SSSR count). The summed E-state index contributed by atoms with van der Waals surface area (Å²) in [4.78, 5) is 2.41. The molecule has 1 saturated heterocycles. The first-order valence-corrected chi connectivity index (χ1v) is 7.04. The Kier molecular flexibility index (Phi) is 3.64. The van der Waals surface area contributed by atoms with Crippen LogP contribution in [0.25, 0.3) is 0 Å². The van der Waals surface area contributed by atoms with Crippen LogP contribution in [0.3, 0.4) is 0 Å². The molecule has 0 aromatic heterocycles. The molecular formula is C15H22N2O. The molecule has 0 spiro atoms. The summed E-state index contributed by atoms with van der Waals surface area (Å²) in [6, 6.07) is 8.87. The zero-order chi connectivity index (χ0) is 12.4. The molecule has 3 nitrogen and oxygen atoms in total. The van der Waals surface area contributed by atoms with Crippen LogP contribution in [-0.4, -0.2) is 42.8 Å². The normalized spacial score (nSPS) is 22.9. The van der Waals surface area contributed by atoms with Gasteiger partial charge in [0.2, 0.25) is 0 Å². The third kappa shape index (κ3) is 2.44. The highest BCUT2D eigenvalue weighted by atomic mass is 16.3. The molecule has 0 radical (unpaired) electrons. The third-order valence-corrected chi connectivity index (χ3v) is 4.14. The van der Waals surface area contributed by atoms with Crippen molar-refractivity contribution in [3.8, 4) is 0 Å². The summed E-state index contributed by atoms with van der Waals surface area (Å²) in [6.07, 6.45) is 2.63. The number of nitrogens with zero attached hydrogens (tertiary/aromatic N) is 1. The first kappa shape index (κ1) is 12.2. The van der Waals surface area contributed by atoms with E-state index in [1.165, 1.54) is 24.0 Å². The van der Waals surface area contributed by atoms with Gasteiger partial charge in [-0.15, -0.1) is 0 Å². The average Bonchev–Trinajstić information content (AvgIpc) is 3.26. The fourth-order valence-corrected chi connectivity index (χ4v) is 2.98. The van der Waals surface area contributed by atoms with Crippen molar-refractivity contribution in [2.45, 2.75) is 24.8 Å². The van der Waals surface area contributed by atoms with Crippen LogP contribution >= 0.6 is 0 Å². The molecule has 1 saturated carbocycles. The van der Waals surface area contributed by atoms with Crippen LogP contribution in [0, 0.1) is 0 Å². The molecule has 1 aliphatic heterocycles. The molecule has 2 fully saturated rings. The zero-order valence-corrected chi connectivity index (χ0v) is 10.8. The molecule has 2 aliphatic rings. The Morgan fingerprint density at radius 2 is 1.94 bits per heavy atom. The van der Waals surface area contributed by atoms with E-state index >= 15 is 0 Å². The number of rotatable bonds is 4. The maximum atomic E-state index is 9.80. The molecule has 0 amide bonds. The zero-order valence-electron chi connectivity index (χ0n) is 10.8. The second-order valence-electron chi connectivity index (χ2n) is 5.39. The Morgan fingerprint density at radius 1 is 1.22 bits per heavy atom. The Morgan fingerprint density at radius 3 is 2.61 bits per heavy atom. The van der Waals surface area contributed by atoms with Gasteiger partial charge in [-0.3, -0.25) is 4.90 Å². The van der Waals surface area contributed by atoms with Crippen LogP contribution in [0.1, 0.15) is 35.9 Å². The topological polar surface area (TPSA) is 35.5 Å². The number of aliphatic hydroxyl groups is 1. The van der Waals surface area contributed by atoms with Crippen molar-refractivity contribution < 1.29 is 5.11 Å². The van der Waals surface area contributed by atoms with Crippen molar-refractivity contribution in [1.82, 2.24) is 10.2 Å². The van der Waals surface area contributed by atoms with Crippen LogP contribution in [-0.2, 0) is 0 Å². The second kappa shape index (κ2) is 5.39. The SMILES string of the molecule is OCC(c1ccccc1C1CC1)N1CCNCC1. The van der Waals surface area contributed by atoms with Crippen LogP contribution in [0.4, 0.5) is 0 Å². The lowest BCUT2D eigenvalue weighted by Crippen LogP contribution is -2.46. The van der Waals surface area contributed by atoms with Crippen molar-refractivity contribution >= 4 is 0 Å². The van der Waals surface area contributed by atoms with E-state index in [0.29, 0.717) is 0 Å². The monoisotopic (exact) mass is 246 g/mol. The summed E-state index contributed by atoms with van der Waals surface area (Å²) < 4.78 is 0. The van der Waals surface area contributed by atoms with Gasteiger partial charge in [-0.2, -0.15) is 0 Å². The van der Waals surface area contributed by atoms with Crippen molar-refractivity contribution in [3.05, 3.63) is 35.4 Å². The third-order valence-electron chi connectivity index (χ3n) is 4.14. The molecule has 3 heteroatoms. The van der Waals surface area contributed by atoms with Crippen LogP contribution in [0.2, 0.25) is 0 Å². The molecule has 1 heterocycles. The molecule has 1 atom stereocenters. The summed E-state index contributed by atoms with van der Waals surface area (Å²) in [5.74, 6) is 0.748. The van der Waals surface area contributed by atoms with E-state index in [1.54, 1.807) is 0 Å². The number of hydrogen-bond donors (Lipinski definition) is 2. The Balaban J connectivity index is 1.85. The number of piperazine rings is 1. The lowest BCUT2D eigenvalue weighted by molar-refractivity contribution is 0.110. The van der Waals surface area contributed by atoms with Crippen molar-refractivity contribution in [3.63, 3.8) is 0 Å². The maximum absolute atomic E-state index is 9.80. The smallest absolute Gasteiger partial charge is 0.0628 e. The van der Waals surface area contributed by atoms with E-state index in [9.17, 15) is 5.11 Å². The summed E-state index contributed by atoms with van der Waals surface area (Å²) in [6.45, 7) is 4.35. The van der Waals surface area contributed by atoms with Gasteiger partial charge < -0.3 is 10.4 Å².